The van der Waals surface area contributed by atoms with Crippen LogP contribution in [0.1, 0.15) is 28.4 Å². The van der Waals surface area contributed by atoms with E-state index in [1.807, 2.05) is 0 Å². The van der Waals surface area contributed by atoms with Gasteiger partial charge in [-0.25, -0.2) is 5.48 Å². The quantitative estimate of drug-likeness (QED) is 0.335. The predicted octanol–water partition coefficient (Wildman–Crippen LogP) is 1.97. The second-order valence-corrected chi connectivity index (χ2v) is 6.07. The molecule has 0 radical (unpaired) electrons. The third kappa shape index (κ3) is 6.80. The molecule has 0 aromatic heterocycles. The number of amides is 2. The molecule has 30 heavy (non-hydrogen) atoms. The Morgan fingerprint density at radius 1 is 1.00 bits per heavy atom. The molecule has 158 valence electrons. The first-order valence-corrected chi connectivity index (χ1v) is 8.50. The average molecular weight is 422 g/mol. The number of aliphatic hydroxyl groups is 1. The topological polar surface area (TPSA) is 108 Å². The largest absolute Gasteiger partial charge is 0.573 e. The predicted molar refractivity (Wildman–Crippen MR) is 98.4 cm³/mol. The van der Waals surface area contributed by atoms with Gasteiger partial charge in [0.25, 0.3) is 11.8 Å². The van der Waals surface area contributed by atoms with Gasteiger partial charge in [-0.2, -0.15) is 0 Å². The number of carbonyl (C=O) groups excluding carboxylic acids is 2. The summed E-state index contributed by atoms with van der Waals surface area (Å²) in [7, 11) is 0. The van der Waals surface area contributed by atoms with Gasteiger partial charge in [0.15, 0.2) is 0 Å². The Morgan fingerprint density at radius 2 is 1.50 bits per heavy atom. The molecule has 0 bridgehead atoms. The molecular formula is C20H17F3N2O5. The lowest BCUT2D eigenvalue weighted by atomic mass is 10.1. The van der Waals surface area contributed by atoms with Crippen molar-refractivity contribution in [2.45, 2.75) is 25.4 Å². The van der Waals surface area contributed by atoms with Crippen molar-refractivity contribution < 1.29 is 37.8 Å². The second kappa shape index (κ2) is 9.78. The van der Waals surface area contributed by atoms with Crippen LogP contribution in [-0.4, -0.2) is 40.6 Å². The summed E-state index contributed by atoms with van der Waals surface area (Å²) < 4.78 is 40.2. The first-order valence-electron chi connectivity index (χ1n) is 8.50. The van der Waals surface area contributed by atoms with E-state index in [0.29, 0.717) is 11.1 Å². The van der Waals surface area contributed by atoms with Gasteiger partial charge >= 0.3 is 6.36 Å². The minimum atomic E-state index is -4.77. The van der Waals surface area contributed by atoms with Gasteiger partial charge in [-0.1, -0.05) is 11.8 Å². The van der Waals surface area contributed by atoms with E-state index < -0.39 is 30.3 Å². The zero-order valence-electron chi connectivity index (χ0n) is 15.5. The first-order chi connectivity index (χ1) is 14.1. The van der Waals surface area contributed by atoms with Crippen molar-refractivity contribution in [1.29, 1.82) is 0 Å². The zero-order chi connectivity index (χ0) is 22.3. The van der Waals surface area contributed by atoms with Gasteiger partial charge in [0, 0.05) is 16.7 Å². The van der Waals surface area contributed by atoms with E-state index in [0.717, 1.165) is 12.1 Å². The SMILES string of the molecule is CC(O)[C@H](NC(=O)c1ccc(C#Cc2ccc(OC(F)(F)F)cc2)cc1)C(=O)NO. The van der Waals surface area contributed by atoms with E-state index >= 15 is 0 Å². The highest BCUT2D eigenvalue weighted by Crippen LogP contribution is 2.22. The Hall–Kier alpha value is -3.55. The van der Waals surface area contributed by atoms with E-state index in [1.165, 1.54) is 48.8 Å². The fourth-order valence-corrected chi connectivity index (χ4v) is 2.29. The van der Waals surface area contributed by atoms with Crippen molar-refractivity contribution in [1.82, 2.24) is 10.8 Å². The average Bonchev–Trinajstić information content (AvgIpc) is 2.69. The van der Waals surface area contributed by atoms with Crippen molar-refractivity contribution in [3.63, 3.8) is 0 Å². The smallest absolute Gasteiger partial charge is 0.406 e. The number of halogens is 3. The first kappa shape index (κ1) is 22.7. The maximum Gasteiger partial charge on any atom is 0.573 e. The third-order valence-corrected chi connectivity index (χ3v) is 3.75. The van der Waals surface area contributed by atoms with Gasteiger partial charge in [-0.3, -0.25) is 14.8 Å². The number of hydrogen-bond donors (Lipinski definition) is 4. The normalized spacial score (nSPS) is 12.7. The highest BCUT2D eigenvalue weighted by atomic mass is 19.4. The molecule has 0 saturated heterocycles. The van der Waals surface area contributed by atoms with Crippen molar-refractivity contribution >= 4 is 11.8 Å². The molecule has 0 spiro atoms. The molecule has 2 aromatic rings. The fraction of sp³-hybridized carbons (Fsp3) is 0.200. The van der Waals surface area contributed by atoms with Gasteiger partial charge < -0.3 is 15.2 Å². The zero-order valence-corrected chi connectivity index (χ0v) is 15.5. The van der Waals surface area contributed by atoms with Crippen LogP contribution in [0.2, 0.25) is 0 Å². The van der Waals surface area contributed by atoms with Gasteiger partial charge in [0.1, 0.15) is 11.8 Å². The second-order valence-electron chi connectivity index (χ2n) is 6.07. The van der Waals surface area contributed by atoms with Crippen LogP contribution in [0.3, 0.4) is 0 Å². The van der Waals surface area contributed by atoms with Gasteiger partial charge in [-0.05, 0) is 55.5 Å². The Balaban J connectivity index is 2.04. The summed E-state index contributed by atoms with van der Waals surface area (Å²) in [4.78, 5) is 23.7. The van der Waals surface area contributed by atoms with Gasteiger partial charge in [0.2, 0.25) is 0 Å². The van der Waals surface area contributed by atoms with E-state index in [-0.39, 0.29) is 11.3 Å². The molecule has 4 N–H and O–H groups in total. The molecule has 0 fully saturated rings. The lowest BCUT2D eigenvalue weighted by molar-refractivity contribution is -0.274. The van der Waals surface area contributed by atoms with Crippen LogP contribution in [-0.2, 0) is 4.79 Å². The number of carbonyl (C=O) groups is 2. The van der Waals surface area contributed by atoms with Crippen LogP contribution in [0, 0.1) is 11.8 Å². The number of alkyl halides is 3. The van der Waals surface area contributed by atoms with Gasteiger partial charge in [-0.15, -0.1) is 13.2 Å². The standard InChI is InChI=1S/C20H17F3N2O5/c1-12(26)17(19(28)25-29)24-18(27)15-8-4-13(5-9-15)2-3-14-6-10-16(11-7-14)30-20(21,22)23/h4-12,17,26,29H,1H3,(H,24,27)(H,25,28)/t12?,17-/m0/s1. The Labute approximate surface area is 169 Å². The molecule has 2 amide bonds. The lowest BCUT2D eigenvalue weighted by Gasteiger charge is -2.19. The molecule has 7 nitrogen and oxygen atoms in total. The summed E-state index contributed by atoms with van der Waals surface area (Å²) in [6, 6.07) is 9.64. The molecule has 0 aliphatic carbocycles. The van der Waals surface area contributed by atoms with Crippen molar-refractivity contribution in [3.05, 3.63) is 65.2 Å². The van der Waals surface area contributed by atoms with E-state index in [4.69, 9.17) is 5.21 Å². The summed E-state index contributed by atoms with van der Waals surface area (Å²) in [5.74, 6) is 3.60. The minimum absolute atomic E-state index is 0.186. The molecule has 2 aromatic carbocycles. The minimum Gasteiger partial charge on any atom is -0.406 e. The number of ether oxygens (including phenoxy) is 1. The molecule has 1 unspecified atom stereocenters. The summed E-state index contributed by atoms with van der Waals surface area (Å²) in [5.41, 5.74) is 2.54. The maximum atomic E-state index is 12.2. The summed E-state index contributed by atoms with van der Waals surface area (Å²) in [5, 5.41) is 20.5. The summed E-state index contributed by atoms with van der Waals surface area (Å²) >= 11 is 0. The highest BCUT2D eigenvalue weighted by molar-refractivity contribution is 5.97. The van der Waals surface area contributed by atoms with E-state index in [9.17, 15) is 27.9 Å². The summed E-state index contributed by atoms with van der Waals surface area (Å²) in [6.45, 7) is 1.28. The third-order valence-electron chi connectivity index (χ3n) is 3.75. The number of benzene rings is 2. The molecule has 0 saturated carbocycles. The fourth-order valence-electron chi connectivity index (χ4n) is 2.29. The van der Waals surface area contributed by atoms with Crippen LogP contribution in [0.15, 0.2) is 48.5 Å². The van der Waals surface area contributed by atoms with E-state index in [1.54, 1.807) is 0 Å². The molecule has 0 heterocycles. The lowest BCUT2D eigenvalue weighted by Crippen LogP contribution is -2.51. The summed E-state index contributed by atoms with van der Waals surface area (Å²) in [6.07, 6.45) is -6.00. The molecule has 0 aliphatic heterocycles. The van der Waals surface area contributed by atoms with E-state index in [2.05, 4.69) is 21.9 Å². The van der Waals surface area contributed by atoms with Crippen LogP contribution in [0.5, 0.6) is 5.75 Å². The molecule has 10 heteroatoms. The Morgan fingerprint density at radius 3 is 1.93 bits per heavy atom. The van der Waals surface area contributed by atoms with Crippen molar-refractivity contribution in [2.24, 2.45) is 0 Å². The number of aliphatic hydroxyl groups excluding tert-OH is 1. The van der Waals surface area contributed by atoms with Crippen molar-refractivity contribution in [3.8, 4) is 17.6 Å². The highest BCUT2D eigenvalue weighted by Gasteiger charge is 2.31. The van der Waals surface area contributed by atoms with Crippen LogP contribution in [0.4, 0.5) is 13.2 Å². The molecule has 2 rings (SSSR count). The maximum absolute atomic E-state index is 12.2. The van der Waals surface area contributed by atoms with Crippen molar-refractivity contribution in [2.75, 3.05) is 0 Å². The Bertz CT molecular complexity index is 946. The number of hydrogen-bond acceptors (Lipinski definition) is 5. The van der Waals surface area contributed by atoms with Crippen LogP contribution in [0.25, 0.3) is 0 Å². The molecule has 2 atom stereocenters. The van der Waals surface area contributed by atoms with Crippen LogP contribution < -0.4 is 15.5 Å². The molecular weight excluding hydrogens is 405 g/mol. The van der Waals surface area contributed by atoms with Gasteiger partial charge in [0.05, 0.1) is 6.10 Å². The monoisotopic (exact) mass is 422 g/mol. The number of hydroxylamine groups is 1. The number of rotatable bonds is 5. The number of nitrogens with one attached hydrogen (secondary N) is 2. The van der Waals surface area contributed by atoms with Crippen LogP contribution >= 0.6 is 0 Å². The Kier molecular flexibility index (Phi) is 7.41. The molecule has 0 aliphatic rings.